The summed E-state index contributed by atoms with van der Waals surface area (Å²) in [5, 5.41) is 6.33. The lowest BCUT2D eigenvalue weighted by molar-refractivity contribution is 0.102. The minimum Gasteiger partial charge on any atom is -0.321 e. The Hall–Kier alpha value is -2.40. The number of benzene rings is 2. The number of carbonyl (C=O) groups is 1. The third-order valence-corrected chi connectivity index (χ3v) is 5.65. The first kappa shape index (κ1) is 17.0. The van der Waals surface area contributed by atoms with E-state index < -0.39 is 0 Å². The minimum atomic E-state index is -0.259. The van der Waals surface area contributed by atoms with Gasteiger partial charge in [-0.05, 0) is 35.7 Å². The maximum Gasteiger partial charge on any atom is 0.256 e. The van der Waals surface area contributed by atoms with Crippen LogP contribution >= 0.6 is 34.5 Å². The summed E-state index contributed by atoms with van der Waals surface area (Å²) >= 11 is 13.8. The van der Waals surface area contributed by atoms with Crippen molar-refractivity contribution in [1.29, 1.82) is 0 Å². The molecule has 0 aliphatic heterocycles. The molecule has 0 bridgehead atoms. The van der Waals surface area contributed by atoms with Crippen LogP contribution in [0.1, 0.15) is 10.4 Å². The van der Waals surface area contributed by atoms with E-state index in [2.05, 4.69) is 10.3 Å². The normalized spacial score (nSPS) is 10.8. The number of hydrogen-bond donors (Lipinski definition) is 1. The van der Waals surface area contributed by atoms with Gasteiger partial charge in [-0.3, -0.25) is 4.79 Å². The fourth-order valence-corrected chi connectivity index (χ4v) is 3.74. The first-order valence-corrected chi connectivity index (χ1v) is 9.46. The Morgan fingerprint density at radius 1 is 1.00 bits per heavy atom. The molecular weight excluding hydrogens is 387 g/mol. The van der Waals surface area contributed by atoms with Crippen LogP contribution in [0.4, 0.5) is 5.69 Å². The van der Waals surface area contributed by atoms with Gasteiger partial charge in [0, 0.05) is 5.39 Å². The lowest BCUT2D eigenvalue weighted by atomic mass is 10.1. The molecule has 1 amide bonds. The zero-order chi connectivity index (χ0) is 18.1. The SMILES string of the molecule is O=C(Nc1cccc(Cl)c1Cl)c1cc(-c2cccs2)nc2ccccc12. The Labute approximate surface area is 164 Å². The molecule has 6 heteroatoms. The molecule has 2 heterocycles. The summed E-state index contributed by atoms with van der Waals surface area (Å²) < 4.78 is 0. The molecule has 128 valence electrons. The van der Waals surface area contributed by atoms with Crippen LogP contribution in [0.2, 0.25) is 10.0 Å². The lowest BCUT2D eigenvalue weighted by Gasteiger charge is -2.11. The third kappa shape index (κ3) is 3.19. The second-order valence-corrected chi connectivity index (χ2v) is 7.34. The van der Waals surface area contributed by atoms with E-state index >= 15 is 0 Å². The first-order chi connectivity index (χ1) is 12.6. The molecule has 2 aromatic carbocycles. The molecule has 0 fully saturated rings. The van der Waals surface area contributed by atoms with Gasteiger partial charge in [-0.15, -0.1) is 11.3 Å². The molecule has 0 atom stereocenters. The molecule has 0 radical (unpaired) electrons. The summed E-state index contributed by atoms with van der Waals surface area (Å²) in [6.07, 6.45) is 0. The Bertz CT molecular complexity index is 1110. The number of nitrogens with one attached hydrogen (secondary N) is 1. The second-order valence-electron chi connectivity index (χ2n) is 5.61. The summed E-state index contributed by atoms with van der Waals surface area (Å²) in [5.41, 5.74) is 2.54. The number of hydrogen-bond acceptors (Lipinski definition) is 3. The van der Waals surface area contributed by atoms with Crippen molar-refractivity contribution in [3.05, 3.63) is 81.7 Å². The molecule has 4 rings (SSSR count). The van der Waals surface area contributed by atoms with E-state index in [4.69, 9.17) is 23.2 Å². The smallest absolute Gasteiger partial charge is 0.256 e. The number of carbonyl (C=O) groups excluding carboxylic acids is 1. The van der Waals surface area contributed by atoms with Crippen LogP contribution in [0, 0.1) is 0 Å². The molecule has 1 N–H and O–H groups in total. The Morgan fingerprint density at radius 2 is 1.85 bits per heavy atom. The molecule has 4 aromatic rings. The van der Waals surface area contributed by atoms with Gasteiger partial charge in [-0.25, -0.2) is 4.98 Å². The number of thiophene rings is 1. The summed E-state index contributed by atoms with van der Waals surface area (Å²) in [6.45, 7) is 0. The average molecular weight is 399 g/mol. The van der Waals surface area contributed by atoms with Gasteiger partial charge in [0.15, 0.2) is 0 Å². The second kappa shape index (κ2) is 7.08. The van der Waals surface area contributed by atoms with Crippen molar-refractivity contribution in [3.63, 3.8) is 0 Å². The van der Waals surface area contributed by atoms with Gasteiger partial charge < -0.3 is 5.32 Å². The molecule has 0 saturated carbocycles. The van der Waals surface area contributed by atoms with E-state index in [1.165, 1.54) is 0 Å². The van der Waals surface area contributed by atoms with Crippen molar-refractivity contribution >= 4 is 57.0 Å². The summed E-state index contributed by atoms with van der Waals surface area (Å²) in [4.78, 5) is 18.7. The Morgan fingerprint density at radius 3 is 2.65 bits per heavy atom. The van der Waals surface area contributed by atoms with Gasteiger partial charge in [0.05, 0.1) is 37.4 Å². The van der Waals surface area contributed by atoms with E-state index in [1.807, 2.05) is 47.8 Å². The topological polar surface area (TPSA) is 42.0 Å². The molecule has 0 saturated heterocycles. The van der Waals surface area contributed by atoms with Crippen LogP contribution in [0.3, 0.4) is 0 Å². The molecule has 0 aliphatic carbocycles. The van der Waals surface area contributed by atoms with Crippen LogP contribution in [0.5, 0.6) is 0 Å². The molecule has 3 nitrogen and oxygen atoms in total. The third-order valence-electron chi connectivity index (χ3n) is 3.93. The van der Waals surface area contributed by atoms with Crippen molar-refractivity contribution in [3.8, 4) is 10.6 Å². The van der Waals surface area contributed by atoms with Gasteiger partial charge in [0.2, 0.25) is 0 Å². The Kier molecular flexibility index (Phi) is 4.64. The van der Waals surface area contributed by atoms with E-state index in [-0.39, 0.29) is 5.91 Å². The van der Waals surface area contributed by atoms with Crippen molar-refractivity contribution in [1.82, 2.24) is 4.98 Å². The number of amides is 1. The number of rotatable bonds is 3. The van der Waals surface area contributed by atoms with Crippen molar-refractivity contribution in [2.75, 3.05) is 5.32 Å². The lowest BCUT2D eigenvalue weighted by Crippen LogP contribution is -2.13. The maximum absolute atomic E-state index is 13.0. The van der Waals surface area contributed by atoms with Gasteiger partial charge in [-0.2, -0.15) is 0 Å². The highest BCUT2D eigenvalue weighted by Crippen LogP contribution is 2.31. The predicted octanol–water partition coefficient (Wildman–Crippen LogP) is 6.52. The molecule has 26 heavy (non-hydrogen) atoms. The molecule has 0 aliphatic rings. The summed E-state index contributed by atoms with van der Waals surface area (Å²) in [6, 6.07) is 18.5. The fraction of sp³-hybridized carbons (Fsp3) is 0. The number of pyridine rings is 1. The van der Waals surface area contributed by atoms with Crippen LogP contribution < -0.4 is 5.32 Å². The number of aromatic nitrogens is 1. The van der Waals surface area contributed by atoms with Crippen LogP contribution in [0.15, 0.2) is 66.0 Å². The fourth-order valence-electron chi connectivity index (χ4n) is 2.70. The average Bonchev–Trinajstić information content (AvgIpc) is 3.19. The number of fused-ring (bicyclic) bond motifs is 1. The van der Waals surface area contributed by atoms with Crippen molar-refractivity contribution in [2.24, 2.45) is 0 Å². The van der Waals surface area contributed by atoms with E-state index in [1.54, 1.807) is 29.5 Å². The maximum atomic E-state index is 13.0. The van der Waals surface area contributed by atoms with E-state index in [9.17, 15) is 4.79 Å². The van der Waals surface area contributed by atoms with Gasteiger partial charge in [-0.1, -0.05) is 53.5 Å². The number of halogens is 2. The zero-order valence-corrected chi connectivity index (χ0v) is 15.7. The molecule has 0 unspecified atom stereocenters. The molecule has 0 spiro atoms. The largest absolute Gasteiger partial charge is 0.321 e. The number of anilines is 1. The van der Waals surface area contributed by atoms with E-state index in [0.717, 1.165) is 21.5 Å². The highest BCUT2D eigenvalue weighted by molar-refractivity contribution is 7.13. The zero-order valence-electron chi connectivity index (χ0n) is 13.4. The highest BCUT2D eigenvalue weighted by atomic mass is 35.5. The highest BCUT2D eigenvalue weighted by Gasteiger charge is 2.16. The monoisotopic (exact) mass is 398 g/mol. The first-order valence-electron chi connectivity index (χ1n) is 7.82. The van der Waals surface area contributed by atoms with Gasteiger partial charge in [0.25, 0.3) is 5.91 Å². The van der Waals surface area contributed by atoms with Crippen molar-refractivity contribution in [2.45, 2.75) is 0 Å². The van der Waals surface area contributed by atoms with Crippen LogP contribution in [0.25, 0.3) is 21.5 Å². The van der Waals surface area contributed by atoms with E-state index in [0.29, 0.717) is 21.3 Å². The minimum absolute atomic E-state index is 0.259. The van der Waals surface area contributed by atoms with Gasteiger partial charge in [0.1, 0.15) is 0 Å². The van der Waals surface area contributed by atoms with Gasteiger partial charge >= 0.3 is 0 Å². The standard InChI is InChI=1S/C20H12Cl2N2OS/c21-14-6-3-8-16(19(14)22)24-20(25)13-11-17(18-9-4-10-26-18)23-15-7-2-1-5-12(13)15/h1-11H,(H,24,25). The summed E-state index contributed by atoms with van der Waals surface area (Å²) in [7, 11) is 0. The molecular formula is C20H12Cl2N2OS. The van der Waals surface area contributed by atoms with Crippen LogP contribution in [-0.4, -0.2) is 10.9 Å². The quantitative estimate of drug-likeness (QED) is 0.426. The number of para-hydroxylation sites is 1. The predicted molar refractivity (Wildman–Crippen MR) is 109 cm³/mol. The van der Waals surface area contributed by atoms with Crippen LogP contribution in [-0.2, 0) is 0 Å². The Balaban J connectivity index is 1.82. The van der Waals surface area contributed by atoms with Crippen molar-refractivity contribution < 1.29 is 4.79 Å². The number of nitrogens with zero attached hydrogens (tertiary/aromatic N) is 1. The molecule has 2 aromatic heterocycles. The summed E-state index contributed by atoms with van der Waals surface area (Å²) in [5.74, 6) is -0.259.